The smallest absolute Gasteiger partial charge is 0.269 e. The van der Waals surface area contributed by atoms with Crippen molar-refractivity contribution in [3.05, 3.63) is 48.0 Å². The van der Waals surface area contributed by atoms with Gasteiger partial charge in [-0.1, -0.05) is 18.2 Å². The van der Waals surface area contributed by atoms with Gasteiger partial charge in [-0.05, 0) is 18.9 Å². The summed E-state index contributed by atoms with van der Waals surface area (Å²) in [6, 6.07) is 7.94. The third kappa shape index (κ3) is 3.84. The second-order valence-electron chi connectivity index (χ2n) is 7.35. The molecule has 0 radical (unpaired) electrons. The van der Waals surface area contributed by atoms with Gasteiger partial charge < -0.3 is 24.7 Å². The van der Waals surface area contributed by atoms with Crippen LogP contribution in [0.15, 0.2) is 36.8 Å². The number of nitrogens with zero attached hydrogens (tertiary/aromatic N) is 2. The molecule has 1 spiro atoms. The van der Waals surface area contributed by atoms with Crippen molar-refractivity contribution in [2.24, 2.45) is 0 Å². The van der Waals surface area contributed by atoms with Crippen LogP contribution in [0.3, 0.4) is 0 Å². The maximum Gasteiger partial charge on any atom is 0.269 e. The number of ether oxygens (including phenoxy) is 2. The zero-order valence-electron chi connectivity index (χ0n) is 15.6. The first-order valence-corrected chi connectivity index (χ1v) is 9.48. The summed E-state index contributed by atoms with van der Waals surface area (Å²) in [5.41, 5.74) is 1.28. The molecule has 1 aromatic carbocycles. The van der Waals surface area contributed by atoms with Crippen molar-refractivity contribution in [2.75, 3.05) is 33.4 Å². The second kappa shape index (κ2) is 7.70. The van der Waals surface area contributed by atoms with Gasteiger partial charge in [0.1, 0.15) is 17.0 Å². The lowest BCUT2D eigenvalue weighted by Crippen LogP contribution is -2.52. The number of piperidine rings is 1. The van der Waals surface area contributed by atoms with Crippen LogP contribution in [0.5, 0.6) is 5.75 Å². The SMILES string of the molecule is COCCN1CCC2(CC1)C[C@@H](NC(=O)c1cnc[nH]1)c1ccccc1O2. The van der Waals surface area contributed by atoms with Gasteiger partial charge in [0.25, 0.3) is 5.91 Å². The molecule has 7 heteroatoms. The van der Waals surface area contributed by atoms with E-state index in [1.165, 1.54) is 6.33 Å². The van der Waals surface area contributed by atoms with Crippen LogP contribution in [-0.2, 0) is 4.74 Å². The largest absolute Gasteiger partial charge is 0.487 e. The second-order valence-corrected chi connectivity index (χ2v) is 7.35. The van der Waals surface area contributed by atoms with Gasteiger partial charge in [-0.2, -0.15) is 0 Å². The Hall–Kier alpha value is -2.38. The van der Waals surface area contributed by atoms with Crippen molar-refractivity contribution >= 4 is 5.91 Å². The Bertz CT molecular complexity index is 769. The number of aromatic amines is 1. The van der Waals surface area contributed by atoms with Crippen LogP contribution in [-0.4, -0.2) is 59.7 Å². The zero-order valence-corrected chi connectivity index (χ0v) is 15.6. The molecule has 3 heterocycles. The third-order valence-electron chi connectivity index (χ3n) is 5.62. The number of amides is 1. The first-order valence-electron chi connectivity index (χ1n) is 9.48. The summed E-state index contributed by atoms with van der Waals surface area (Å²) in [6.07, 6.45) is 5.74. The van der Waals surface area contributed by atoms with Gasteiger partial charge in [0.15, 0.2) is 0 Å². The number of nitrogens with one attached hydrogen (secondary N) is 2. The Morgan fingerprint density at radius 1 is 1.41 bits per heavy atom. The van der Waals surface area contributed by atoms with Crippen molar-refractivity contribution < 1.29 is 14.3 Å². The van der Waals surface area contributed by atoms with E-state index in [0.717, 1.165) is 56.8 Å². The molecule has 1 aromatic heterocycles. The van der Waals surface area contributed by atoms with E-state index < -0.39 is 0 Å². The highest BCUT2D eigenvalue weighted by atomic mass is 16.5. The summed E-state index contributed by atoms with van der Waals surface area (Å²) < 4.78 is 11.7. The summed E-state index contributed by atoms with van der Waals surface area (Å²) in [4.78, 5) is 21.8. The van der Waals surface area contributed by atoms with Crippen LogP contribution in [0.4, 0.5) is 0 Å². The molecule has 1 atom stereocenters. The average Bonchev–Trinajstić information content (AvgIpc) is 3.23. The van der Waals surface area contributed by atoms with Crippen LogP contribution < -0.4 is 10.1 Å². The molecule has 27 heavy (non-hydrogen) atoms. The minimum absolute atomic E-state index is 0.0729. The average molecular weight is 370 g/mol. The molecule has 2 aliphatic rings. The molecule has 7 nitrogen and oxygen atoms in total. The van der Waals surface area contributed by atoms with Gasteiger partial charge in [0.05, 0.1) is 25.2 Å². The molecule has 2 aromatic rings. The molecule has 0 unspecified atom stereocenters. The Morgan fingerprint density at radius 2 is 2.22 bits per heavy atom. The molecule has 1 fully saturated rings. The number of hydrogen-bond donors (Lipinski definition) is 2. The highest BCUT2D eigenvalue weighted by Gasteiger charge is 2.43. The first kappa shape index (κ1) is 18.0. The monoisotopic (exact) mass is 370 g/mol. The number of aromatic nitrogens is 2. The number of imidazole rings is 1. The van der Waals surface area contributed by atoms with Crippen molar-refractivity contribution in [3.8, 4) is 5.75 Å². The summed E-state index contributed by atoms with van der Waals surface area (Å²) >= 11 is 0. The summed E-state index contributed by atoms with van der Waals surface area (Å²) in [5.74, 6) is 0.742. The number of hydrogen-bond acceptors (Lipinski definition) is 5. The van der Waals surface area contributed by atoms with Gasteiger partial charge in [-0.15, -0.1) is 0 Å². The van der Waals surface area contributed by atoms with Crippen LogP contribution in [0.25, 0.3) is 0 Å². The van der Waals surface area contributed by atoms with E-state index in [1.54, 1.807) is 13.3 Å². The van der Waals surface area contributed by atoms with Gasteiger partial charge in [-0.25, -0.2) is 4.98 Å². The van der Waals surface area contributed by atoms with Crippen molar-refractivity contribution in [1.29, 1.82) is 0 Å². The quantitative estimate of drug-likeness (QED) is 0.843. The predicted octanol–water partition coefficient (Wildman–Crippen LogP) is 2.14. The third-order valence-corrected chi connectivity index (χ3v) is 5.62. The molecule has 0 saturated carbocycles. The fourth-order valence-corrected chi connectivity index (χ4v) is 4.07. The maximum atomic E-state index is 12.6. The highest BCUT2D eigenvalue weighted by Crippen LogP contribution is 2.44. The number of carbonyl (C=O) groups is 1. The minimum atomic E-state index is -0.232. The number of benzene rings is 1. The fourth-order valence-electron chi connectivity index (χ4n) is 4.07. The van der Waals surface area contributed by atoms with Gasteiger partial charge in [0, 0.05) is 38.7 Å². The molecule has 1 saturated heterocycles. The topological polar surface area (TPSA) is 79.5 Å². The van der Waals surface area contributed by atoms with E-state index in [2.05, 4.69) is 20.2 Å². The van der Waals surface area contributed by atoms with Gasteiger partial charge >= 0.3 is 0 Å². The van der Waals surface area contributed by atoms with Crippen LogP contribution in [0.2, 0.25) is 0 Å². The van der Waals surface area contributed by atoms with E-state index in [-0.39, 0.29) is 17.6 Å². The van der Waals surface area contributed by atoms with E-state index in [1.807, 2.05) is 24.3 Å². The molecule has 1 amide bonds. The Balaban J connectivity index is 1.51. The molecule has 2 aliphatic heterocycles. The number of rotatable bonds is 5. The van der Waals surface area contributed by atoms with E-state index in [4.69, 9.17) is 9.47 Å². The zero-order chi connectivity index (χ0) is 18.7. The van der Waals surface area contributed by atoms with Crippen LogP contribution in [0.1, 0.15) is 41.4 Å². The van der Waals surface area contributed by atoms with Crippen LogP contribution >= 0.6 is 0 Å². The molecule has 144 valence electrons. The van der Waals surface area contributed by atoms with Crippen LogP contribution in [0, 0.1) is 0 Å². The molecule has 0 bridgehead atoms. The number of likely N-dealkylation sites (tertiary alicyclic amines) is 1. The summed E-state index contributed by atoms with van der Waals surface area (Å²) in [6.45, 7) is 3.65. The van der Waals surface area contributed by atoms with Gasteiger partial charge in [0.2, 0.25) is 0 Å². The Labute approximate surface area is 159 Å². The minimum Gasteiger partial charge on any atom is -0.487 e. The lowest BCUT2D eigenvalue weighted by atomic mass is 9.80. The molecule has 4 rings (SSSR count). The highest BCUT2D eigenvalue weighted by molar-refractivity contribution is 5.92. The normalized spacial score (nSPS) is 21.4. The summed E-state index contributed by atoms with van der Waals surface area (Å²) in [5, 5.41) is 3.17. The number of para-hydroxylation sites is 1. The maximum absolute atomic E-state index is 12.6. The number of fused-ring (bicyclic) bond motifs is 1. The van der Waals surface area contributed by atoms with Gasteiger partial charge in [-0.3, -0.25) is 4.79 Å². The van der Waals surface area contributed by atoms with E-state index in [9.17, 15) is 4.79 Å². The summed E-state index contributed by atoms with van der Waals surface area (Å²) in [7, 11) is 1.74. The molecular weight excluding hydrogens is 344 g/mol. The van der Waals surface area contributed by atoms with E-state index in [0.29, 0.717) is 5.69 Å². The fraction of sp³-hybridized carbons (Fsp3) is 0.500. The lowest BCUT2D eigenvalue weighted by molar-refractivity contribution is -0.0281. The lowest BCUT2D eigenvalue weighted by Gasteiger charge is -2.47. The van der Waals surface area contributed by atoms with Crippen molar-refractivity contribution in [3.63, 3.8) is 0 Å². The number of methoxy groups -OCH3 is 1. The number of H-pyrrole nitrogens is 1. The standard InChI is InChI=1S/C20H26N4O3/c1-26-11-10-24-8-6-20(7-9-24)12-16(15-4-2-3-5-18(15)27-20)23-19(25)17-13-21-14-22-17/h2-5,13-14,16H,6-12H2,1H3,(H,21,22)(H,23,25)/t16-/m1/s1. The molecule has 2 N–H and O–H groups in total. The van der Waals surface area contributed by atoms with E-state index >= 15 is 0 Å². The first-order chi connectivity index (χ1) is 13.2. The Morgan fingerprint density at radius 3 is 2.96 bits per heavy atom. The predicted molar refractivity (Wildman–Crippen MR) is 101 cm³/mol. The van der Waals surface area contributed by atoms with Crippen molar-refractivity contribution in [2.45, 2.75) is 30.9 Å². The molecular formula is C20H26N4O3. The number of carbonyl (C=O) groups excluding carboxylic acids is 1. The Kier molecular flexibility index (Phi) is 5.13. The van der Waals surface area contributed by atoms with Crippen molar-refractivity contribution in [1.82, 2.24) is 20.2 Å². The molecule has 0 aliphatic carbocycles.